The van der Waals surface area contributed by atoms with Crippen LogP contribution in [0, 0.1) is 11.8 Å². The number of rotatable bonds is 5. The molecular formula is C16H23ClN2O2. The topological polar surface area (TPSA) is 64.3 Å². The van der Waals surface area contributed by atoms with E-state index in [0.717, 1.165) is 6.54 Å². The average Bonchev–Trinajstić information content (AvgIpc) is 2.83. The van der Waals surface area contributed by atoms with Gasteiger partial charge in [-0.3, -0.25) is 0 Å². The fourth-order valence-corrected chi connectivity index (χ4v) is 3.23. The fraction of sp³-hybridized carbons (Fsp3) is 0.562. The van der Waals surface area contributed by atoms with Crippen LogP contribution in [0.3, 0.4) is 0 Å². The third kappa shape index (κ3) is 3.82. The van der Waals surface area contributed by atoms with Crippen LogP contribution in [-0.4, -0.2) is 19.1 Å². The summed E-state index contributed by atoms with van der Waals surface area (Å²) in [4.78, 5) is 12.1. The molecule has 0 aliphatic heterocycles. The van der Waals surface area contributed by atoms with Gasteiger partial charge in [-0.2, -0.15) is 0 Å². The Bertz CT molecular complexity index is 519. The lowest BCUT2D eigenvalue weighted by Crippen LogP contribution is -2.19. The molecule has 0 spiro atoms. The largest absolute Gasteiger partial charge is 0.462 e. The number of benzene rings is 1. The molecule has 1 aliphatic rings. The number of hydrogen-bond donors (Lipinski definition) is 2. The van der Waals surface area contributed by atoms with E-state index in [1.807, 2.05) is 0 Å². The predicted molar refractivity (Wildman–Crippen MR) is 86.8 cm³/mol. The summed E-state index contributed by atoms with van der Waals surface area (Å²) in [5.74, 6) is 0.929. The summed E-state index contributed by atoms with van der Waals surface area (Å²) in [5, 5.41) is 3.79. The molecule has 0 saturated heterocycles. The van der Waals surface area contributed by atoms with Gasteiger partial charge in [-0.25, -0.2) is 4.79 Å². The van der Waals surface area contributed by atoms with Crippen molar-refractivity contribution in [2.45, 2.75) is 33.1 Å². The van der Waals surface area contributed by atoms with Crippen molar-refractivity contribution in [1.29, 1.82) is 0 Å². The number of esters is 1. The van der Waals surface area contributed by atoms with Gasteiger partial charge >= 0.3 is 5.97 Å². The molecule has 2 rings (SSSR count). The molecule has 0 radical (unpaired) electrons. The van der Waals surface area contributed by atoms with E-state index in [1.54, 1.807) is 19.1 Å². The molecule has 1 aliphatic carbocycles. The minimum Gasteiger partial charge on any atom is -0.462 e. The number of nitrogens with two attached hydrogens (primary N) is 1. The molecular weight excluding hydrogens is 288 g/mol. The molecule has 0 amide bonds. The Balaban J connectivity index is 2.18. The number of halogens is 1. The highest BCUT2D eigenvalue weighted by atomic mass is 35.5. The van der Waals surface area contributed by atoms with Gasteiger partial charge in [0.05, 0.1) is 22.9 Å². The van der Waals surface area contributed by atoms with Crippen molar-refractivity contribution in [1.82, 2.24) is 0 Å². The molecule has 116 valence electrons. The van der Waals surface area contributed by atoms with E-state index >= 15 is 0 Å². The second kappa shape index (κ2) is 7.03. The van der Waals surface area contributed by atoms with Crippen LogP contribution >= 0.6 is 11.6 Å². The van der Waals surface area contributed by atoms with Crippen molar-refractivity contribution >= 4 is 28.9 Å². The number of anilines is 2. The third-order valence-electron chi connectivity index (χ3n) is 4.19. The Morgan fingerprint density at radius 3 is 2.86 bits per heavy atom. The van der Waals surface area contributed by atoms with Crippen molar-refractivity contribution in [3.8, 4) is 0 Å². The molecule has 2 atom stereocenters. The first kappa shape index (κ1) is 16.0. The molecule has 1 aromatic carbocycles. The molecule has 1 aromatic rings. The molecule has 2 unspecified atom stereocenters. The summed E-state index contributed by atoms with van der Waals surface area (Å²) in [7, 11) is 0. The number of hydrogen-bond acceptors (Lipinski definition) is 4. The Labute approximate surface area is 131 Å². The smallest absolute Gasteiger partial charge is 0.340 e. The third-order valence-corrected chi connectivity index (χ3v) is 4.49. The van der Waals surface area contributed by atoms with Crippen molar-refractivity contribution in [2.24, 2.45) is 11.8 Å². The van der Waals surface area contributed by atoms with Gasteiger partial charge in [0.1, 0.15) is 0 Å². The van der Waals surface area contributed by atoms with Crippen LogP contribution in [0.1, 0.15) is 43.5 Å². The van der Waals surface area contributed by atoms with Crippen LogP contribution in [0.5, 0.6) is 0 Å². The molecule has 0 bridgehead atoms. The first-order chi connectivity index (χ1) is 10.0. The van der Waals surface area contributed by atoms with Crippen LogP contribution < -0.4 is 11.1 Å². The number of nitrogen functional groups attached to an aromatic ring is 1. The molecule has 21 heavy (non-hydrogen) atoms. The van der Waals surface area contributed by atoms with E-state index in [4.69, 9.17) is 22.1 Å². The number of carbonyl (C=O) groups excluding carboxylic acids is 1. The van der Waals surface area contributed by atoms with E-state index in [9.17, 15) is 4.79 Å². The van der Waals surface area contributed by atoms with Gasteiger partial charge < -0.3 is 15.8 Å². The fourth-order valence-electron chi connectivity index (χ4n) is 2.94. The lowest BCUT2D eigenvalue weighted by molar-refractivity contribution is 0.0527. The van der Waals surface area contributed by atoms with E-state index in [-0.39, 0.29) is 0 Å². The van der Waals surface area contributed by atoms with Crippen LogP contribution in [-0.2, 0) is 4.74 Å². The first-order valence-corrected chi connectivity index (χ1v) is 7.90. The highest BCUT2D eigenvalue weighted by Gasteiger charge is 2.24. The first-order valence-electron chi connectivity index (χ1n) is 7.53. The zero-order chi connectivity index (χ0) is 15.4. The minimum absolute atomic E-state index is 0.324. The van der Waals surface area contributed by atoms with Gasteiger partial charge in [0.15, 0.2) is 0 Å². The maximum absolute atomic E-state index is 12.1. The highest BCUT2D eigenvalue weighted by Crippen LogP contribution is 2.34. The van der Waals surface area contributed by atoms with Gasteiger partial charge in [-0.15, -0.1) is 0 Å². The summed E-state index contributed by atoms with van der Waals surface area (Å²) in [6.45, 7) is 5.19. The van der Waals surface area contributed by atoms with E-state index in [1.165, 1.54) is 19.3 Å². The number of nitrogens with one attached hydrogen (secondary N) is 1. The van der Waals surface area contributed by atoms with Gasteiger partial charge in [-0.05, 0) is 37.3 Å². The van der Waals surface area contributed by atoms with Crippen molar-refractivity contribution in [3.05, 3.63) is 22.7 Å². The Morgan fingerprint density at radius 2 is 2.24 bits per heavy atom. The number of carbonyl (C=O) groups is 1. The standard InChI is InChI=1S/C16H23ClN2O2/c1-3-21-16(20)13-7-12(18)8-14(17)15(13)19-9-11-6-4-5-10(11)2/h7-8,10-11,19H,3-6,9,18H2,1-2H3. The molecule has 5 heteroatoms. The summed E-state index contributed by atoms with van der Waals surface area (Å²) < 4.78 is 5.08. The minimum atomic E-state index is -0.395. The second-order valence-electron chi connectivity index (χ2n) is 5.69. The van der Waals surface area contributed by atoms with Gasteiger partial charge in [0.2, 0.25) is 0 Å². The van der Waals surface area contributed by atoms with E-state index in [2.05, 4.69) is 12.2 Å². The van der Waals surface area contributed by atoms with Crippen molar-refractivity contribution < 1.29 is 9.53 Å². The Kier molecular flexibility index (Phi) is 5.34. The van der Waals surface area contributed by atoms with Gasteiger partial charge in [0, 0.05) is 12.2 Å². The molecule has 0 heterocycles. The maximum atomic E-state index is 12.1. The summed E-state index contributed by atoms with van der Waals surface area (Å²) in [5.41, 5.74) is 7.28. The summed E-state index contributed by atoms with van der Waals surface area (Å²) >= 11 is 6.25. The van der Waals surface area contributed by atoms with Crippen LogP contribution in [0.25, 0.3) is 0 Å². The van der Waals surface area contributed by atoms with Crippen LogP contribution in [0.4, 0.5) is 11.4 Å². The highest BCUT2D eigenvalue weighted by molar-refractivity contribution is 6.34. The van der Waals surface area contributed by atoms with E-state index < -0.39 is 5.97 Å². The maximum Gasteiger partial charge on any atom is 0.340 e. The van der Waals surface area contributed by atoms with Crippen LogP contribution in [0.2, 0.25) is 5.02 Å². The zero-order valence-electron chi connectivity index (χ0n) is 12.6. The molecule has 1 fully saturated rings. The van der Waals surface area contributed by atoms with Gasteiger partial charge in [0.25, 0.3) is 0 Å². The van der Waals surface area contributed by atoms with Gasteiger partial charge in [-0.1, -0.05) is 31.4 Å². The van der Waals surface area contributed by atoms with Crippen molar-refractivity contribution in [3.63, 3.8) is 0 Å². The SMILES string of the molecule is CCOC(=O)c1cc(N)cc(Cl)c1NCC1CCCC1C. The second-order valence-corrected chi connectivity index (χ2v) is 6.10. The molecule has 3 N–H and O–H groups in total. The van der Waals surface area contributed by atoms with E-state index in [0.29, 0.717) is 40.4 Å². The summed E-state index contributed by atoms with van der Waals surface area (Å²) in [6.07, 6.45) is 3.76. The molecule has 1 saturated carbocycles. The lowest BCUT2D eigenvalue weighted by Gasteiger charge is -2.19. The Hall–Kier alpha value is -1.42. The normalized spacial score (nSPS) is 21.3. The number of ether oxygens (including phenoxy) is 1. The lowest BCUT2D eigenvalue weighted by atomic mass is 9.98. The quantitative estimate of drug-likeness (QED) is 0.638. The zero-order valence-corrected chi connectivity index (χ0v) is 13.4. The average molecular weight is 311 g/mol. The summed E-state index contributed by atoms with van der Waals surface area (Å²) in [6, 6.07) is 3.27. The van der Waals surface area contributed by atoms with Crippen molar-refractivity contribution in [2.75, 3.05) is 24.2 Å². The monoisotopic (exact) mass is 310 g/mol. The van der Waals surface area contributed by atoms with Crippen LogP contribution in [0.15, 0.2) is 12.1 Å². The Morgan fingerprint density at radius 1 is 1.48 bits per heavy atom. The molecule has 4 nitrogen and oxygen atoms in total. The predicted octanol–water partition coefficient (Wildman–Crippen LogP) is 3.95. The molecule has 0 aromatic heterocycles.